The van der Waals surface area contributed by atoms with Crippen molar-refractivity contribution < 1.29 is 37.3 Å². The van der Waals surface area contributed by atoms with Crippen LogP contribution in [0.2, 0.25) is 0 Å². The SMILES string of the molecule is CC/C=C\C/C=C\C/C=C\C/C=C\C/C=C\CCCCCCOCC(COP(=O)([O-])OCC[N+](C)(C)C)OC(=O)CCCCCCCCCCCCC/C=C\C/C=C\CCCCCCC. The number of likely N-dealkylation sites (N-methyl/N-ethyl adjacent to an activating group) is 1. The van der Waals surface area contributed by atoms with Gasteiger partial charge in [-0.1, -0.05) is 195 Å². The van der Waals surface area contributed by atoms with Gasteiger partial charge in [-0.3, -0.25) is 9.36 Å². The number of hydrogen-bond acceptors (Lipinski definition) is 7. The summed E-state index contributed by atoms with van der Waals surface area (Å²) in [5.41, 5.74) is 0. The molecular weight excluding hydrogens is 830 g/mol. The van der Waals surface area contributed by atoms with Crippen LogP contribution in [0, 0.1) is 0 Å². The Kier molecular flexibility index (Phi) is 46.4. The van der Waals surface area contributed by atoms with Crippen molar-refractivity contribution in [3.05, 3.63) is 85.1 Å². The molecule has 0 radical (unpaired) electrons. The molecule has 0 aliphatic rings. The Bertz CT molecular complexity index is 1310. The Hall–Kier alpha value is -2.32. The number of unbranched alkanes of at least 4 members (excludes halogenated alkanes) is 20. The minimum Gasteiger partial charge on any atom is -0.756 e. The number of phosphoric acid groups is 1. The lowest BCUT2D eigenvalue weighted by atomic mass is 10.0. The van der Waals surface area contributed by atoms with Crippen molar-refractivity contribution in [2.45, 2.75) is 213 Å². The predicted molar refractivity (Wildman–Crippen MR) is 277 cm³/mol. The van der Waals surface area contributed by atoms with Crippen LogP contribution in [0.3, 0.4) is 0 Å². The highest BCUT2D eigenvalue weighted by molar-refractivity contribution is 7.45. The van der Waals surface area contributed by atoms with Gasteiger partial charge < -0.3 is 27.9 Å². The second-order valence-electron chi connectivity index (χ2n) is 18.5. The molecule has 0 amide bonds. The summed E-state index contributed by atoms with van der Waals surface area (Å²) in [6, 6.07) is 0. The van der Waals surface area contributed by atoms with E-state index < -0.39 is 13.9 Å². The molecule has 0 aliphatic carbocycles. The van der Waals surface area contributed by atoms with Crippen molar-refractivity contribution in [2.24, 2.45) is 0 Å². The summed E-state index contributed by atoms with van der Waals surface area (Å²) in [6.07, 6.45) is 64.7. The summed E-state index contributed by atoms with van der Waals surface area (Å²) in [4.78, 5) is 25.2. The molecule has 0 spiro atoms. The number of hydrogen-bond donors (Lipinski definition) is 0. The van der Waals surface area contributed by atoms with Gasteiger partial charge in [0.15, 0.2) is 0 Å². The first-order valence-electron chi connectivity index (χ1n) is 26.3. The van der Waals surface area contributed by atoms with Crippen LogP contribution in [0.4, 0.5) is 0 Å². The molecule has 0 aromatic heterocycles. The van der Waals surface area contributed by atoms with E-state index >= 15 is 0 Å². The molecule has 376 valence electrons. The molecule has 0 saturated heterocycles. The number of allylic oxidation sites excluding steroid dienone is 14. The molecule has 0 aromatic rings. The standard InChI is InChI=1S/C56H100NO7P/c1-6-8-10-12-14-16-18-20-22-24-26-28-29-30-31-33-35-37-39-41-43-45-47-49-56(58)64-55(54-63-65(59,60)62-52-50-57(3,4)5)53-61-51-48-46-44-42-40-38-36-34-32-27-25-23-21-19-17-15-13-11-9-7-2/h9,11,15,17-18,20-21,23-24,26-27,32,36,38,55H,6-8,10,12-14,16,19,22,25,28-31,33-35,37,39-54H2,1-5H3/b11-9-,17-15-,20-18-,23-21-,26-24-,32-27-,38-36-. The maximum absolute atomic E-state index is 12.8. The zero-order valence-electron chi connectivity index (χ0n) is 42.7. The largest absolute Gasteiger partial charge is 0.756 e. The smallest absolute Gasteiger partial charge is 0.306 e. The summed E-state index contributed by atoms with van der Waals surface area (Å²) < 4.78 is 34.7. The third-order valence-corrected chi connectivity index (χ3v) is 11.9. The fourth-order valence-corrected chi connectivity index (χ4v) is 7.63. The molecule has 2 unspecified atom stereocenters. The zero-order valence-corrected chi connectivity index (χ0v) is 43.6. The number of rotatable bonds is 48. The summed E-state index contributed by atoms with van der Waals surface area (Å²) in [5.74, 6) is -0.347. The molecule has 0 heterocycles. The predicted octanol–water partition coefficient (Wildman–Crippen LogP) is 15.8. The Labute approximate surface area is 401 Å². The Morgan fingerprint density at radius 2 is 0.892 bits per heavy atom. The van der Waals surface area contributed by atoms with E-state index in [9.17, 15) is 14.3 Å². The van der Waals surface area contributed by atoms with E-state index in [1.807, 2.05) is 21.1 Å². The summed E-state index contributed by atoms with van der Waals surface area (Å²) in [7, 11) is 1.33. The molecule has 65 heavy (non-hydrogen) atoms. The monoisotopic (exact) mass is 930 g/mol. The lowest BCUT2D eigenvalue weighted by Gasteiger charge is -2.28. The maximum atomic E-state index is 12.8. The fraction of sp³-hybridized carbons (Fsp3) is 0.732. The Balaban J connectivity index is 4.20. The molecule has 0 aliphatic heterocycles. The van der Waals surface area contributed by atoms with Crippen molar-refractivity contribution in [3.8, 4) is 0 Å². The third kappa shape index (κ3) is 52.5. The Morgan fingerprint density at radius 1 is 0.492 bits per heavy atom. The second kappa shape index (κ2) is 48.1. The topological polar surface area (TPSA) is 94.1 Å². The highest BCUT2D eigenvalue weighted by atomic mass is 31.2. The molecule has 0 N–H and O–H groups in total. The number of quaternary nitrogens is 1. The maximum Gasteiger partial charge on any atom is 0.306 e. The third-order valence-electron chi connectivity index (χ3n) is 10.9. The van der Waals surface area contributed by atoms with Gasteiger partial charge in [-0.05, 0) is 89.9 Å². The van der Waals surface area contributed by atoms with Crippen LogP contribution in [0.5, 0.6) is 0 Å². The van der Waals surface area contributed by atoms with E-state index in [2.05, 4.69) is 98.9 Å². The quantitative estimate of drug-likeness (QED) is 0.0197. The van der Waals surface area contributed by atoms with Crippen LogP contribution in [0.1, 0.15) is 206 Å². The highest BCUT2D eigenvalue weighted by Crippen LogP contribution is 2.38. The van der Waals surface area contributed by atoms with Crippen molar-refractivity contribution in [1.29, 1.82) is 0 Å². The number of nitrogens with zero attached hydrogens (tertiary/aromatic N) is 1. The summed E-state index contributed by atoms with van der Waals surface area (Å²) in [6.45, 7) is 5.22. The number of carbonyl (C=O) groups excluding carboxylic acids is 1. The molecule has 8 nitrogen and oxygen atoms in total. The molecule has 0 fully saturated rings. The molecular formula is C56H100NO7P. The minimum absolute atomic E-state index is 0.0162. The van der Waals surface area contributed by atoms with Gasteiger partial charge in [-0.2, -0.15) is 0 Å². The molecule has 2 atom stereocenters. The van der Waals surface area contributed by atoms with E-state index in [0.717, 1.165) is 89.9 Å². The first-order chi connectivity index (χ1) is 31.6. The van der Waals surface area contributed by atoms with Crippen LogP contribution >= 0.6 is 7.82 Å². The van der Waals surface area contributed by atoms with Gasteiger partial charge >= 0.3 is 5.97 Å². The lowest BCUT2D eigenvalue weighted by Crippen LogP contribution is -2.37. The average Bonchev–Trinajstić information content (AvgIpc) is 3.27. The van der Waals surface area contributed by atoms with E-state index in [0.29, 0.717) is 24.1 Å². The van der Waals surface area contributed by atoms with Crippen LogP contribution in [-0.2, 0) is 27.9 Å². The molecule has 0 aromatic carbocycles. The summed E-state index contributed by atoms with van der Waals surface area (Å²) >= 11 is 0. The van der Waals surface area contributed by atoms with Gasteiger partial charge in [-0.15, -0.1) is 0 Å². The number of phosphoric ester groups is 1. The van der Waals surface area contributed by atoms with Crippen molar-refractivity contribution in [1.82, 2.24) is 0 Å². The number of carbonyl (C=O) groups is 1. The highest BCUT2D eigenvalue weighted by Gasteiger charge is 2.20. The normalized spacial score (nSPS) is 14.2. The fourth-order valence-electron chi connectivity index (χ4n) is 6.90. The first kappa shape index (κ1) is 62.7. The molecule has 0 saturated carbocycles. The van der Waals surface area contributed by atoms with Gasteiger partial charge in [0.2, 0.25) is 0 Å². The molecule has 0 rings (SSSR count). The van der Waals surface area contributed by atoms with Gasteiger partial charge in [-0.25, -0.2) is 0 Å². The van der Waals surface area contributed by atoms with E-state index in [4.69, 9.17) is 18.5 Å². The van der Waals surface area contributed by atoms with Gasteiger partial charge in [0, 0.05) is 13.0 Å². The van der Waals surface area contributed by atoms with Crippen molar-refractivity contribution in [2.75, 3.05) is 54.1 Å². The second-order valence-corrected chi connectivity index (χ2v) is 19.9. The Morgan fingerprint density at radius 3 is 1.34 bits per heavy atom. The average molecular weight is 930 g/mol. The molecule has 9 heteroatoms. The number of ether oxygens (including phenoxy) is 2. The van der Waals surface area contributed by atoms with Crippen LogP contribution in [-0.4, -0.2) is 70.7 Å². The lowest BCUT2D eigenvalue weighted by molar-refractivity contribution is -0.870. The minimum atomic E-state index is -4.55. The van der Waals surface area contributed by atoms with Gasteiger partial charge in [0.1, 0.15) is 19.3 Å². The van der Waals surface area contributed by atoms with Gasteiger partial charge in [0.25, 0.3) is 7.82 Å². The van der Waals surface area contributed by atoms with Crippen LogP contribution in [0.25, 0.3) is 0 Å². The zero-order chi connectivity index (χ0) is 47.6. The first-order valence-corrected chi connectivity index (χ1v) is 27.8. The summed E-state index contributed by atoms with van der Waals surface area (Å²) in [5, 5.41) is 0. The van der Waals surface area contributed by atoms with Crippen molar-refractivity contribution in [3.63, 3.8) is 0 Å². The van der Waals surface area contributed by atoms with Crippen LogP contribution < -0.4 is 4.89 Å². The van der Waals surface area contributed by atoms with E-state index in [1.165, 1.54) is 96.3 Å². The van der Waals surface area contributed by atoms with Crippen molar-refractivity contribution >= 4 is 13.8 Å². The van der Waals surface area contributed by atoms with E-state index in [1.54, 1.807) is 0 Å². The van der Waals surface area contributed by atoms with E-state index in [-0.39, 0.29) is 25.8 Å². The number of esters is 1. The van der Waals surface area contributed by atoms with Gasteiger partial charge in [0.05, 0.1) is 34.4 Å². The van der Waals surface area contributed by atoms with Crippen LogP contribution in [0.15, 0.2) is 85.1 Å². The molecule has 0 bridgehead atoms.